The minimum absolute atomic E-state index is 0.0173. The third-order valence-corrected chi connectivity index (χ3v) is 5.84. The minimum atomic E-state index is -0.0173. The Morgan fingerprint density at radius 2 is 1.96 bits per heavy atom. The van der Waals surface area contributed by atoms with Crippen molar-refractivity contribution in [1.82, 2.24) is 35.5 Å². The number of tetrazole rings is 1. The Balaban J connectivity index is 1.19. The molecule has 11 heteroatoms. The highest BCUT2D eigenvalue weighted by Crippen LogP contribution is 2.42. The number of aromatic nitrogens is 7. The molecule has 2 fully saturated rings. The molecule has 0 bridgehead atoms. The summed E-state index contributed by atoms with van der Waals surface area (Å²) in [5, 5.41) is 28.5. The zero-order chi connectivity index (χ0) is 17.5. The van der Waals surface area contributed by atoms with Crippen LogP contribution >= 0.6 is 11.3 Å². The first-order valence-corrected chi connectivity index (χ1v) is 9.52. The van der Waals surface area contributed by atoms with Crippen LogP contribution in [0.1, 0.15) is 36.6 Å². The van der Waals surface area contributed by atoms with E-state index in [9.17, 15) is 4.79 Å². The van der Waals surface area contributed by atoms with E-state index in [0.717, 1.165) is 36.8 Å². The Kier molecular flexibility index (Phi) is 3.73. The van der Waals surface area contributed by atoms with Gasteiger partial charge in [-0.25, -0.2) is 0 Å². The lowest BCUT2D eigenvalue weighted by Crippen LogP contribution is -2.38. The van der Waals surface area contributed by atoms with E-state index in [-0.39, 0.29) is 11.8 Å². The van der Waals surface area contributed by atoms with Gasteiger partial charge in [-0.15, -0.1) is 25.0 Å². The van der Waals surface area contributed by atoms with Crippen LogP contribution in [0.15, 0.2) is 12.1 Å². The van der Waals surface area contributed by atoms with Gasteiger partial charge in [-0.1, -0.05) is 11.3 Å². The molecule has 1 amide bonds. The number of amides is 1. The maximum atomic E-state index is 12.5. The Morgan fingerprint density at radius 3 is 2.77 bits per heavy atom. The van der Waals surface area contributed by atoms with Crippen LogP contribution in [-0.4, -0.2) is 54.4 Å². The largest absolute Gasteiger partial charge is 0.355 e. The van der Waals surface area contributed by atoms with Crippen LogP contribution in [0.3, 0.4) is 0 Å². The van der Waals surface area contributed by atoms with Gasteiger partial charge in [0.25, 0.3) is 0 Å². The second-order valence-electron chi connectivity index (χ2n) is 6.69. The van der Waals surface area contributed by atoms with Gasteiger partial charge in [0.1, 0.15) is 5.01 Å². The van der Waals surface area contributed by atoms with E-state index in [1.807, 2.05) is 12.1 Å². The van der Waals surface area contributed by atoms with Crippen LogP contribution in [0, 0.1) is 5.92 Å². The smallest absolute Gasteiger partial charge is 0.229 e. The Bertz CT molecular complexity index is 941. The molecule has 1 saturated heterocycles. The summed E-state index contributed by atoms with van der Waals surface area (Å²) in [6, 6.07) is 3.75. The van der Waals surface area contributed by atoms with E-state index in [2.05, 4.69) is 41.0 Å². The lowest BCUT2D eigenvalue weighted by Gasteiger charge is -2.31. The number of carbonyl (C=O) groups excluding carboxylic acids is 1. The van der Waals surface area contributed by atoms with Crippen LogP contribution in [0.4, 0.5) is 10.9 Å². The lowest BCUT2D eigenvalue weighted by molar-refractivity contribution is -0.120. The predicted octanol–water partition coefficient (Wildman–Crippen LogP) is 1.10. The van der Waals surface area contributed by atoms with Gasteiger partial charge in [-0.05, 0) is 48.2 Å². The molecule has 2 aliphatic rings. The van der Waals surface area contributed by atoms with Crippen molar-refractivity contribution in [1.29, 1.82) is 0 Å². The second kappa shape index (κ2) is 6.24. The van der Waals surface area contributed by atoms with Crippen LogP contribution in [0.25, 0.3) is 5.65 Å². The predicted molar refractivity (Wildman–Crippen MR) is 94.0 cm³/mol. The number of hydrogen-bond acceptors (Lipinski definition) is 9. The molecule has 0 radical (unpaired) electrons. The topological polar surface area (TPSA) is 114 Å². The van der Waals surface area contributed by atoms with E-state index in [1.165, 1.54) is 28.8 Å². The zero-order valence-electron chi connectivity index (χ0n) is 13.9. The minimum Gasteiger partial charge on any atom is -0.355 e. The number of nitrogens with zero attached hydrogens (tertiary/aromatic N) is 8. The first-order valence-electron chi connectivity index (χ1n) is 8.71. The third-order valence-electron chi connectivity index (χ3n) is 4.84. The molecule has 0 spiro atoms. The van der Waals surface area contributed by atoms with Crippen molar-refractivity contribution in [2.75, 3.05) is 23.3 Å². The number of fused-ring (bicyclic) bond motifs is 1. The monoisotopic (exact) mass is 371 g/mol. The number of anilines is 2. The summed E-state index contributed by atoms with van der Waals surface area (Å²) < 4.78 is 1.42. The third kappa shape index (κ3) is 2.98. The number of piperidine rings is 1. The van der Waals surface area contributed by atoms with Crippen molar-refractivity contribution in [2.24, 2.45) is 5.92 Å². The van der Waals surface area contributed by atoms with Crippen molar-refractivity contribution in [3.8, 4) is 0 Å². The van der Waals surface area contributed by atoms with Gasteiger partial charge in [0.2, 0.25) is 11.0 Å². The van der Waals surface area contributed by atoms with E-state index < -0.39 is 0 Å². The van der Waals surface area contributed by atoms with Crippen LogP contribution in [-0.2, 0) is 4.79 Å². The number of nitrogens with one attached hydrogen (secondary N) is 1. The maximum Gasteiger partial charge on any atom is 0.229 e. The van der Waals surface area contributed by atoms with Gasteiger partial charge in [-0.3, -0.25) is 4.79 Å². The number of carbonyl (C=O) groups is 1. The van der Waals surface area contributed by atoms with Gasteiger partial charge < -0.3 is 10.2 Å². The first kappa shape index (κ1) is 15.6. The van der Waals surface area contributed by atoms with Crippen LogP contribution in [0.5, 0.6) is 0 Å². The summed E-state index contributed by atoms with van der Waals surface area (Å²) in [5.74, 6) is 1.40. The summed E-state index contributed by atoms with van der Waals surface area (Å²) in [7, 11) is 0. The maximum absolute atomic E-state index is 12.5. The fourth-order valence-electron chi connectivity index (χ4n) is 3.17. The van der Waals surface area contributed by atoms with Gasteiger partial charge in [0.05, 0.1) is 0 Å². The molecule has 1 N–H and O–H groups in total. The Morgan fingerprint density at radius 1 is 1.12 bits per heavy atom. The van der Waals surface area contributed by atoms with E-state index in [1.54, 1.807) is 0 Å². The van der Waals surface area contributed by atoms with Gasteiger partial charge in [0.15, 0.2) is 11.5 Å². The van der Waals surface area contributed by atoms with Crippen molar-refractivity contribution >= 4 is 33.8 Å². The van der Waals surface area contributed by atoms with E-state index in [0.29, 0.717) is 16.7 Å². The molecule has 0 atom stereocenters. The molecular weight excluding hydrogens is 354 g/mol. The molecule has 10 nitrogen and oxygen atoms in total. The molecule has 3 aromatic heterocycles. The summed E-state index contributed by atoms with van der Waals surface area (Å²) in [6.07, 6.45) is 3.92. The molecule has 1 aliphatic carbocycles. The highest BCUT2D eigenvalue weighted by molar-refractivity contribution is 7.15. The average Bonchev–Trinajstić information content (AvgIpc) is 3.23. The Hall–Kier alpha value is -2.69. The summed E-state index contributed by atoms with van der Waals surface area (Å²) in [5.41, 5.74) is 0.616. The molecule has 0 unspecified atom stereocenters. The molecule has 26 heavy (non-hydrogen) atoms. The van der Waals surface area contributed by atoms with Crippen LogP contribution in [0.2, 0.25) is 0 Å². The zero-order valence-corrected chi connectivity index (χ0v) is 14.8. The fraction of sp³-hybridized carbons (Fsp3) is 0.533. The Labute approximate surface area is 152 Å². The number of hydrogen-bond donors (Lipinski definition) is 1. The summed E-state index contributed by atoms with van der Waals surface area (Å²) >= 11 is 1.50. The van der Waals surface area contributed by atoms with Crippen molar-refractivity contribution in [3.63, 3.8) is 0 Å². The normalized spacial score (nSPS) is 18.4. The van der Waals surface area contributed by atoms with Crippen molar-refractivity contribution in [2.45, 2.75) is 31.6 Å². The van der Waals surface area contributed by atoms with Crippen molar-refractivity contribution < 1.29 is 4.79 Å². The molecule has 4 heterocycles. The SMILES string of the molecule is O=C(Nc1nnc(C2CC2)s1)C1CCN(c2ccc3nnnn3n2)CC1. The highest BCUT2D eigenvalue weighted by Gasteiger charge is 2.29. The summed E-state index contributed by atoms with van der Waals surface area (Å²) in [4.78, 5) is 14.7. The molecule has 134 valence electrons. The van der Waals surface area contributed by atoms with Crippen molar-refractivity contribution in [3.05, 3.63) is 17.1 Å². The first-order chi connectivity index (χ1) is 12.8. The molecular formula is C15H17N9OS. The van der Waals surface area contributed by atoms with Gasteiger partial charge in [0, 0.05) is 24.9 Å². The fourth-order valence-corrected chi connectivity index (χ4v) is 4.08. The van der Waals surface area contributed by atoms with E-state index in [4.69, 9.17) is 0 Å². The molecule has 3 aromatic rings. The molecule has 1 saturated carbocycles. The average molecular weight is 371 g/mol. The summed E-state index contributed by atoms with van der Waals surface area (Å²) in [6.45, 7) is 1.53. The van der Waals surface area contributed by atoms with Gasteiger partial charge in [-0.2, -0.15) is 0 Å². The van der Waals surface area contributed by atoms with E-state index >= 15 is 0 Å². The quantitative estimate of drug-likeness (QED) is 0.725. The molecule has 5 rings (SSSR count). The molecule has 1 aliphatic heterocycles. The number of rotatable bonds is 4. The second-order valence-corrected chi connectivity index (χ2v) is 7.70. The molecule has 0 aromatic carbocycles. The highest BCUT2D eigenvalue weighted by atomic mass is 32.1. The standard InChI is InChI=1S/C15H17N9OS/c25-13(16-15-19-18-14(26-15)10-1-2-10)9-5-7-23(8-6-9)12-4-3-11-17-21-22-24(11)20-12/h3-4,9-10H,1-2,5-8H2,(H,16,19,25). The van der Waals surface area contributed by atoms with Crippen LogP contribution < -0.4 is 10.2 Å². The lowest BCUT2D eigenvalue weighted by atomic mass is 9.96. The van der Waals surface area contributed by atoms with Gasteiger partial charge >= 0.3 is 0 Å².